The second kappa shape index (κ2) is 7.82. The molecular formula is C14H18N4O2S. The van der Waals surface area contributed by atoms with E-state index in [1.807, 2.05) is 37.4 Å². The van der Waals surface area contributed by atoms with Gasteiger partial charge in [0, 0.05) is 17.6 Å². The van der Waals surface area contributed by atoms with E-state index in [0.29, 0.717) is 36.5 Å². The van der Waals surface area contributed by atoms with Crippen LogP contribution in [0.3, 0.4) is 0 Å². The zero-order chi connectivity index (χ0) is 15.1. The summed E-state index contributed by atoms with van der Waals surface area (Å²) < 4.78 is 11.0. The van der Waals surface area contributed by atoms with Crippen molar-refractivity contribution in [2.75, 3.05) is 18.3 Å². The molecule has 0 atom stereocenters. The summed E-state index contributed by atoms with van der Waals surface area (Å²) in [6.45, 7) is 2.82. The Morgan fingerprint density at radius 2 is 2.00 bits per heavy atom. The van der Waals surface area contributed by atoms with Crippen LogP contribution in [-0.2, 0) is 11.3 Å². The van der Waals surface area contributed by atoms with Crippen LogP contribution in [0.4, 0.5) is 5.82 Å². The molecule has 0 radical (unpaired) electrons. The molecule has 0 saturated heterocycles. The summed E-state index contributed by atoms with van der Waals surface area (Å²) in [5.41, 5.74) is 2.50. The van der Waals surface area contributed by atoms with Crippen molar-refractivity contribution >= 4 is 17.6 Å². The number of hydrogen-bond acceptors (Lipinski definition) is 7. The molecule has 0 amide bonds. The molecule has 1 heterocycles. The molecule has 1 aromatic carbocycles. The highest BCUT2D eigenvalue weighted by molar-refractivity contribution is 7.98. The molecule has 2 rings (SSSR count). The first-order chi connectivity index (χ1) is 10.2. The lowest BCUT2D eigenvalue weighted by atomic mass is 10.3. The second-order valence-corrected chi connectivity index (χ2v) is 4.95. The highest BCUT2D eigenvalue weighted by atomic mass is 32.2. The Morgan fingerprint density at radius 1 is 1.24 bits per heavy atom. The van der Waals surface area contributed by atoms with Crippen LogP contribution in [0.5, 0.6) is 11.6 Å². The van der Waals surface area contributed by atoms with Gasteiger partial charge in [-0.2, -0.15) is 4.98 Å². The van der Waals surface area contributed by atoms with Gasteiger partial charge in [0.2, 0.25) is 5.88 Å². The number of hydrogen-bond donors (Lipinski definition) is 2. The Kier molecular flexibility index (Phi) is 5.79. The molecule has 6 nitrogen and oxygen atoms in total. The number of thioether (sulfide) groups is 1. The third kappa shape index (κ3) is 4.59. The van der Waals surface area contributed by atoms with Gasteiger partial charge in [0.05, 0.1) is 0 Å². The first-order valence-corrected chi connectivity index (χ1v) is 7.72. The lowest BCUT2D eigenvalue weighted by Crippen LogP contribution is -2.11. The van der Waals surface area contributed by atoms with Crippen LogP contribution in [-0.4, -0.2) is 22.8 Å². The monoisotopic (exact) mass is 306 g/mol. The Balaban J connectivity index is 2.16. The van der Waals surface area contributed by atoms with Crippen LogP contribution in [0.1, 0.15) is 12.7 Å². The first kappa shape index (κ1) is 15.6. The smallest absolute Gasteiger partial charge is 0.224 e. The molecule has 0 unspecified atom stereocenters. The fourth-order valence-electron chi connectivity index (χ4n) is 1.62. The standard InChI is InChI=1S/C14H18N4O2S/c1-3-19-9-13-16-12(18-15)8-14(17-13)20-10-4-6-11(21-2)7-5-10/h4-8H,3,9,15H2,1-2H3,(H,16,17,18). The van der Waals surface area contributed by atoms with Crippen molar-refractivity contribution in [1.82, 2.24) is 9.97 Å². The maximum absolute atomic E-state index is 5.73. The molecule has 1 aromatic heterocycles. The van der Waals surface area contributed by atoms with Crippen molar-refractivity contribution in [3.8, 4) is 11.6 Å². The van der Waals surface area contributed by atoms with Gasteiger partial charge in [-0.15, -0.1) is 11.8 Å². The average molecular weight is 306 g/mol. The summed E-state index contributed by atoms with van der Waals surface area (Å²) in [7, 11) is 0. The fourth-order valence-corrected chi connectivity index (χ4v) is 2.03. The SMILES string of the molecule is CCOCc1nc(NN)cc(Oc2ccc(SC)cc2)n1. The lowest BCUT2D eigenvalue weighted by molar-refractivity contribution is 0.128. The van der Waals surface area contributed by atoms with Gasteiger partial charge in [-0.3, -0.25) is 0 Å². The van der Waals surface area contributed by atoms with E-state index in [-0.39, 0.29) is 0 Å². The molecule has 0 aliphatic rings. The summed E-state index contributed by atoms with van der Waals surface area (Å²) >= 11 is 1.68. The van der Waals surface area contributed by atoms with Gasteiger partial charge in [-0.05, 0) is 37.4 Å². The molecule has 0 spiro atoms. The van der Waals surface area contributed by atoms with Crippen molar-refractivity contribution < 1.29 is 9.47 Å². The van der Waals surface area contributed by atoms with Gasteiger partial charge >= 0.3 is 0 Å². The van der Waals surface area contributed by atoms with Gasteiger partial charge in [0.1, 0.15) is 18.2 Å². The third-order valence-electron chi connectivity index (χ3n) is 2.61. The topological polar surface area (TPSA) is 82.3 Å². The molecule has 0 aliphatic heterocycles. The number of nitrogens with zero attached hydrogens (tertiary/aromatic N) is 2. The number of aromatic nitrogens is 2. The number of anilines is 1. The molecule has 0 aliphatic carbocycles. The summed E-state index contributed by atoms with van der Waals surface area (Å²) in [6.07, 6.45) is 2.03. The minimum atomic E-state index is 0.313. The molecule has 2 aromatic rings. The number of nitrogens with two attached hydrogens (primary N) is 1. The average Bonchev–Trinajstić information content (AvgIpc) is 2.53. The number of rotatable bonds is 7. The molecule has 21 heavy (non-hydrogen) atoms. The normalized spacial score (nSPS) is 10.4. The van der Waals surface area contributed by atoms with Crippen LogP contribution in [0.25, 0.3) is 0 Å². The van der Waals surface area contributed by atoms with E-state index >= 15 is 0 Å². The Morgan fingerprint density at radius 3 is 2.62 bits per heavy atom. The molecule has 112 valence electrons. The maximum Gasteiger partial charge on any atom is 0.224 e. The predicted molar refractivity (Wildman–Crippen MR) is 83.5 cm³/mol. The predicted octanol–water partition coefficient (Wildman–Crippen LogP) is 2.81. The quantitative estimate of drug-likeness (QED) is 0.462. The van der Waals surface area contributed by atoms with E-state index in [1.54, 1.807) is 17.8 Å². The van der Waals surface area contributed by atoms with Gasteiger partial charge < -0.3 is 14.9 Å². The third-order valence-corrected chi connectivity index (χ3v) is 3.36. The van der Waals surface area contributed by atoms with Crippen molar-refractivity contribution in [2.45, 2.75) is 18.4 Å². The van der Waals surface area contributed by atoms with Gasteiger partial charge in [0.25, 0.3) is 0 Å². The number of ether oxygens (including phenoxy) is 2. The Hall–Kier alpha value is -1.83. The second-order valence-electron chi connectivity index (χ2n) is 4.07. The summed E-state index contributed by atoms with van der Waals surface area (Å²) in [4.78, 5) is 9.67. The minimum Gasteiger partial charge on any atom is -0.439 e. The number of benzene rings is 1. The first-order valence-electron chi connectivity index (χ1n) is 6.49. The molecule has 0 fully saturated rings. The zero-order valence-corrected chi connectivity index (χ0v) is 12.8. The lowest BCUT2D eigenvalue weighted by Gasteiger charge is -2.09. The van der Waals surface area contributed by atoms with Crippen LogP contribution >= 0.6 is 11.8 Å². The van der Waals surface area contributed by atoms with Crippen molar-refractivity contribution in [2.24, 2.45) is 5.84 Å². The van der Waals surface area contributed by atoms with Crippen molar-refractivity contribution in [3.63, 3.8) is 0 Å². The summed E-state index contributed by atoms with van der Waals surface area (Å²) in [5, 5.41) is 0. The van der Waals surface area contributed by atoms with E-state index in [1.165, 1.54) is 4.90 Å². The highest BCUT2D eigenvalue weighted by Crippen LogP contribution is 2.24. The molecular weight excluding hydrogens is 288 g/mol. The fraction of sp³-hybridized carbons (Fsp3) is 0.286. The van der Waals surface area contributed by atoms with E-state index in [2.05, 4.69) is 15.4 Å². The summed E-state index contributed by atoms with van der Waals surface area (Å²) in [6, 6.07) is 9.41. The van der Waals surface area contributed by atoms with Crippen LogP contribution < -0.4 is 16.0 Å². The maximum atomic E-state index is 5.73. The molecule has 7 heteroatoms. The van der Waals surface area contributed by atoms with Crippen molar-refractivity contribution in [3.05, 3.63) is 36.2 Å². The van der Waals surface area contributed by atoms with E-state index < -0.39 is 0 Å². The largest absolute Gasteiger partial charge is 0.439 e. The molecule has 3 N–H and O–H groups in total. The van der Waals surface area contributed by atoms with Crippen LogP contribution in [0.2, 0.25) is 0 Å². The van der Waals surface area contributed by atoms with Gasteiger partial charge in [0.15, 0.2) is 5.82 Å². The summed E-state index contributed by atoms with van der Waals surface area (Å²) in [5.74, 6) is 7.53. The van der Waals surface area contributed by atoms with E-state index in [9.17, 15) is 0 Å². The van der Waals surface area contributed by atoms with Crippen LogP contribution in [0, 0.1) is 0 Å². The Bertz CT molecular complexity index is 578. The van der Waals surface area contributed by atoms with Crippen molar-refractivity contribution in [1.29, 1.82) is 0 Å². The number of nitrogen functional groups attached to an aromatic ring is 1. The van der Waals surface area contributed by atoms with Gasteiger partial charge in [-0.25, -0.2) is 10.8 Å². The number of hydrazine groups is 1. The molecule has 0 saturated carbocycles. The number of nitrogens with one attached hydrogen (secondary N) is 1. The highest BCUT2D eigenvalue weighted by Gasteiger charge is 2.06. The molecule has 0 bridgehead atoms. The van der Waals surface area contributed by atoms with E-state index in [4.69, 9.17) is 15.3 Å². The Labute approximate surface area is 128 Å². The van der Waals surface area contributed by atoms with Crippen LogP contribution in [0.15, 0.2) is 35.2 Å². The van der Waals surface area contributed by atoms with Gasteiger partial charge in [-0.1, -0.05) is 0 Å². The zero-order valence-electron chi connectivity index (χ0n) is 12.0. The minimum absolute atomic E-state index is 0.313. The van der Waals surface area contributed by atoms with E-state index in [0.717, 1.165) is 0 Å².